The number of rotatable bonds is 4. The van der Waals surface area contributed by atoms with Crippen LogP contribution in [-0.2, 0) is 25.7 Å². The standard InChI is InChI=1S/2C37H22N2.2C34H21N/c1-2-11-28-26(9-1)27-10-3-4-12-29(27)32-19-23(15-16-30(28)32)31-21-25-8-6-18-39-37(25)35-33(31)20-24-14-13-22-7-5-17-38-36(22)34(24)35;1-2-11-28-26(9-1)27-10-3-4-12-29(27)32-18-23(13-14-30(28)32)36-34-20-25-21-35-22(7-5-15-38-35)17-31(25)33(34)19-24-8-6-16-39-37(24)36;1-2-10-26-24(8-1)25-9-3-4-11-27(25)31-19-22(15-17-29(26)31)23-12-5-13-28-30-16-14-21-7-6-18-35-34(21)33(30)20-32(23)28;1-2-9-23-21(8-1)18-32-31(23)20-33-29(14-7-17-35-33)34(32)22-15-16-28-26-12-4-3-10-24(26)25-11-5-6-13-27(25)30(28)19-22/h2*1-19,21H,20H2;1-19H,20H2;1-17,19-20H,18H2. The SMILES string of the molecule is c1cc(-c2ccc3c4ccccc4c4ccccc4c3c2)c2c(c1)-c1ccc3cccnc3c1C2.c1ccc2c(c1)Cc1c-2cc2ncccc2c1-c1ccc2c3ccccc3c3ccccc3c2c1.c1cnc2c3c(ccc2c1)Cc1c(-c2ccc4c5ccccc5c5ccccc5c4c2)cc2cccnc2c1-3.c1cnc2cc3c(cc2c1)-c1cc2cccnc2c(-c2ccc4c5ccccc5c5ccccc5c4c2)c1C3. The van der Waals surface area contributed by atoms with Gasteiger partial charge in [0.25, 0.3) is 0 Å². The highest BCUT2D eigenvalue weighted by Gasteiger charge is 2.33. The zero-order valence-corrected chi connectivity index (χ0v) is 80.5. The number of aromatic nitrogens is 6. The number of nitrogens with zero attached hydrogens (tertiary/aromatic N) is 6. The normalized spacial score (nSPS) is 12.5. The highest BCUT2D eigenvalue weighted by molar-refractivity contribution is 6.31. The van der Waals surface area contributed by atoms with Gasteiger partial charge in [-0.3, -0.25) is 29.9 Å². The maximum Gasteiger partial charge on any atom is 0.0784 e. The van der Waals surface area contributed by atoms with E-state index in [1.54, 1.807) is 0 Å². The van der Waals surface area contributed by atoms with E-state index >= 15 is 0 Å². The van der Waals surface area contributed by atoms with Gasteiger partial charge in [0.05, 0.1) is 33.1 Å². The first kappa shape index (κ1) is 83.5. The van der Waals surface area contributed by atoms with Crippen LogP contribution in [0.25, 0.3) is 284 Å². The van der Waals surface area contributed by atoms with Gasteiger partial charge in [0.2, 0.25) is 0 Å². The maximum absolute atomic E-state index is 4.93. The summed E-state index contributed by atoms with van der Waals surface area (Å²) in [5.41, 5.74) is 38.0. The molecule has 148 heavy (non-hydrogen) atoms. The molecule has 0 unspecified atom stereocenters. The molecule has 0 saturated carbocycles. The van der Waals surface area contributed by atoms with E-state index < -0.39 is 0 Å². The Morgan fingerprint density at radius 3 is 0.986 bits per heavy atom. The number of pyridine rings is 6. The molecule has 6 nitrogen and oxygen atoms in total. The lowest BCUT2D eigenvalue weighted by Gasteiger charge is -2.16. The van der Waals surface area contributed by atoms with Crippen molar-refractivity contribution in [2.75, 3.05) is 0 Å². The van der Waals surface area contributed by atoms with Crippen molar-refractivity contribution in [1.82, 2.24) is 29.9 Å². The minimum Gasteiger partial charge on any atom is -0.256 e. The van der Waals surface area contributed by atoms with Gasteiger partial charge in [-0.2, -0.15) is 0 Å². The smallest absolute Gasteiger partial charge is 0.0784 e. The summed E-state index contributed by atoms with van der Waals surface area (Å²) in [7, 11) is 0. The summed E-state index contributed by atoms with van der Waals surface area (Å²) < 4.78 is 0. The predicted molar refractivity (Wildman–Crippen MR) is 622 cm³/mol. The van der Waals surface area contributed by atoms with E-state index in [-0.39, 0.29) is 0 Å². The van der Waals surface area contributed by atoms with E-state index in [1.165, 1.54) is 290 Å². The van der Waals surface area contributed by atoms with E-state index in [2.05, 4.69) is 411 Å². The van der Waals surface area contributed by atoms with Gasteiger partial charge in [-0.1, -0.05) is 346 Å². The molecule has 0 amide bonds. The Hall–Kier alpha value is -19.1. The van der Waals surface area contributed by atoms with Crippen LogP contribution in [0.15, 0.2) is 474 Å². The van der Waals surface area contributed by atoms with E-state index in [0.717, 1.165) is 64.2 Å². The zero-order chi connectivity index (χ0) is 96.9. The van der Waals surface area contributed by atoms with Gasteiger partial charge in [0.1, 0.15) is 0 Å². The summed E-state index contributed by atoms with van der Waals surface area (Å²) in [6, 6.07) is 160. The summed E-state index contributed by atoms with van der Waals surface area (Å²) in [6.07, 6.45) is 15.1. The molecule has 30 aromatic rings. The Bertz CT molecular complexity index is 10900. The lowest BCUT2D eigenvalue weighted by atomic mass is 9.88. The molecule has 0 spiro atoms. The van der Waals surface area contributed by atoms with Crippen molar-refractivity contribution in [3.63, 3.8) is 0 Å². The molecular formula is C142H86N6. The van der Waals surface area contributed by atoms with Crippen LogP contribution in [0.4, 0.5) is 0 Å². The molecule has 6 heteroatoms. The molecule has 0 radical (unpaired) electrons. The largest absolute Gasteiger partial charge is 0.256 e. The van der Waals surface area contributed by atoms with Gasteiger partial charge in [-0.05, 0) is 356 Å². The molecule has 6 aromatic heterocycles. The van der Waals surface area contributed by atoms with Crippen LogP contribution < -0.4 is 0 Å². The average molecular weight is 1880 g/mol. The van der Waals surface area contributed by atoms with Crippen molar-refractivity contribution in [3.05, 3.63) is 518 Å². The molecule has 0 bridgehead atoms. The van der Waals surface area contributed by atoms with Crippen LogP contribution in [0.5, 0.6) is 0 Å². The second kappa shape index (κ2) is 33.2. The fourth-order valence-corrected chi connectivity index (χ4v) is 26.1. The van der Waals surface area contributed by atoms with Crippen LogP contribution >= 0.6 is 0 Å². The molecule has 0 atom stereocenters. The molecule has 34 rings (SSSR count). The Morgan fingerprint density at radius 1 is 0.128 bits per heavy atom. The number of hydrogen-bond donors (Lipinski definition) is 0. The van der Waals surface area contributed by atoms with Gasteiger partial charge in [0.15, 0.2) is 0 Å². The highest BCUT2D eigenvalue weighted by atomic mass is 14.7. The monoisotopic (exact) mass is 1870 g/mol. The Morgan fingerprint density at radius 2 is 0.459 bits per heavy atom. The van der Waals surface area contributed by atoms with Crippen molar-refractivity contribution in [2.45, 2.75) is 25.7 Å². The van der Waals surface area contributed by atoms with Gasteiger partial charge in [-0.15, -0.1) is 0 Å². The molecular weight excluding hydrogens is 1790 g/mol. The van der Waals surface area contributed by atoms with Gasteiger partial charge in [0, 0.05) is 92.6 Å². The second-order valence-electron chi connectivity index (χ2n) is 40.2. The lowest BCUT2D eigenvalue weighted by molar-refractivity contribution is 1.26. The molecule has 6 heterocycles. The predicted octanol–water partition coefficient (Wildman–Crippen LogP) is 36.8. The van der Waals surface area contributed by atoms with Crippen LogP contribution in [-0.4, -0.2) is 29.9 Å². The summed E-state index contributed by atoms with van der Waals surface area (Å²) >= 11 is 0. The third-order valence-corrected chi connectivity index (χ3v) is 32.5. The minimum absolute atomic E-state index is 0.884. The molecule has 684 valence electrons. The molecule has 0 fully saturated rings. The molecule has 24 aromatic carbocycles. The molecule has 0 saturated heterocycles. The Kier molecular flexibility index (Phi) is 18.7. The highest BCUT2D eigenvalue weighted by Crippen LogP contribution is 2.55. The fourth-order valence-electron chi connectivity index (χ4n) is 26.1. The molecule has 4 aliphatic rings. The van der Waals surface area contributed by atoms with Crippen LogP contribution in [0, 0.1) is 0 Å². The van der Waals surface area contributed by atoms with E-state index in [4.69, 9.17) is 24.9 Å². The second-order valence-corrected chi connectivity index (χ2v) is 40.2. The van der Waals surface area contributed by atoms with Crippen molar-refractivity contribution in [3.8, 4) is 89.0 Å². The number of benzene rings is 24. The number of hydrogen-bond acceptors (Lipinski definition) is 6. The van der Waals surface area contributed by atoms with Gasteiger partial charge < -0.3 is 0 Å². The first-order chi connectivity index (χ1) is 73.4. The van der Waals surface area contributed by atoms with Crippen LogP contribution in [0.3, 0.4) is 0 Å². The quantitative estimate of drug-likeness (QED) is 0.163. The first-order valence-electron chi connectivity index (χ1n) is 51.3. The zero-order valence-electron chi connectivity index (χ0n) is 80.5. The summed E-state index contributed by atoms with van der Waals surface area (Å²) in [4.78, 5) is 28.8. The third-order valence-electron chi connectivity index (χ3n) is 32.5. The fraction of sp³-hybridized carbons (Fsp3) is 0.0282. The molecule has 0 aliphatic heterocycles. The summed E-state index contributed by atoms with van der Waals surface area (Å²) in [5, 5.41) is 38.4. The van der Waals surface area contributed by atoms with E-state index in [1.807, 2.05) is 67.5 Å². The van der Waals surface area contributed by atoms with Crippen molar-refractivity contribution >= 4 is 195 Å². The average Bonchev–Trinajstić information content (AvgIpc) is 1.48. The summed E-state index contributed by atoms with van der Waals surface area (Å²) in [6.45, 7) is 0. The van der Waals surface area contributed by atoms with E-state index in [0.29, 0.717) is 0 Å². The topological polar surface area (TPSA) is 77.3 Å². The van der Waals surface area contributed by atoms with Crippen molar-refractivity contribution in [2.24, 2.45) is 0 Å². The molecule has 4 aliphatic carbocycles. The van der Waals surface area contributed by atoms with Gasteiger partial charge in [-0.25, -0.2) is 0 Å². The van der Waals surface area contributed by atoms with Gasteiger partial charge >= 0.3 is 0 Å². The third kappa shape index (κ3) is 13.0. The molecule has 0 N–H and O–H groups in total. The van der Waals surface area contributed by atoms with Crippen molar-refractivity contribution in [1.29, 1.82) is 0 Å². The Labute approximate surface area is 851 Å². The van der Waals surface area contributed by atoms with Crippen LogP contribution in [0.1, 0.15) is 44.5 Å². The Balaban J connectivity index is 0.0000000893. The van der Waals surface area contributed by atoms with Crippen molar-refractivity contribution < 1.29 is 0 Å². The lowest BCUT2D eigenvalue weighted by Crippen LogP contribution is -1.93. The minimum atomic E-state index is 0.884. The van der Waals surface area contributed by atoms with Crippen LogP contribution in [0.2, 0.25) is 0 Å². The first-order valence-corrected chi connectivity index (χ1v) is 51.3. The number of fused-ring (bicyclic) bond motifs is 45. The van der Waals surface area contributed by atoms with E-state index in [9.17, 15) is 0 Å². The summed E-state index contributed by atoms with van der Waals surface area (Å²) in [5.74, 6) is 0. The maximum atomic E-state index is 4.93.